The third-order valence-electron chi connectivity index (χ3n) is 8.01. The first-order valence-corrected chi connectivity index (χ1v) is 15.7. The van der Waals surface area contributed by atoms with Crippen molar-refractivity contribution in [3.8, 4) is 11.5 Å². The second-order valence-electron chi connectivity index (χ2n) is 12.5. The average Bonchev–Trinajstić information content (AvgIpc) is 2.85. The van der Waals surface area contributed by atoms with E-state index in [1.807, 2.05) is 0 Å². The molecule has 1 fully saturated rings. The summed E-state index contributed by atoms with van der Waals surface area (Å²) in [6.45, 7) is 13.5. The molecule has 2 atom stereocenters. The van der Waals surface area contributed by atoms with Gasteiger partial charge >= 0.3 is 0 Å². The molecule has 4 heteroatoms. The van der Waals surface area contributed by atoms with Crippen LogP contribution in [0.1, 0.15) is 149 Å². The molecule has 0 saturated heterocycles. The Kier molecular flexibility index (Phi) is 21.2. The van der Waals surface area contributed by atoms with E-state index >= 15 is 0 Å². The number of ketones is 1. The number of hydrogen-bond donors (Lipinski definition) is 2. The molecule has 2 N–H and O–H groups in total. The summed E-state index contributed by atoms with van der Waals surface area (Å²) in [7, 11) is 0. The smallest absolute Gasteiger partial charge is 0.157 e. The zero-order valence-corrected chi connectivity index (χ0v) is 26.5. The Morgan fingerprint density at radius 3 is 1.63 bits per heavy atom. The van der Waals surface area contributed by atoms with Crippen LogP contribution in [0.2, 0.25) is 0 Å². The summed E-state index contributed by atoms with van der Waals surface area (Å²) in [5, 5.41) is 19.4. The number of hydrogen-bond acceptors (Lipinski definition) is 3. The molecular weight excluding hydrogens is 520 g/mol. The minimum atomic E-state index is 0. The molecule has 1 aromatic carbocycles. The van der Waals surface area contributed by atoms with Crippen LogP contribution in [0, 0.1) is 23.7 Å². The second-order valence-corrected chi connectivity index (χ2v) is 12.5. The van der Waals surface area contributed by atoms with Crippen LogP contribution in [0.4, 0.5) is 0 Å². The SMILES string of the molecule is CC(C)CCC1CCC(CCC(C)C)C(=O)C1.CCCCCCc1cc(O)c(O)cc1CCCCCC.[Cu]. The van der Waals surface area contributed by atoms with Gasteiger partial charge in [-0.25, -0.2) is 0 Å². The Morgan fingerprint density at radius 1 is 0.737 bits per heavy atom. The Labute approximate surface area is 246 Å². The Hall–Kier alpha value is -0.991. The largest absolute Gasteiger partial charge is 0.504 e. The molecule has 1 aliphatic carbocycles. The van der Waals surface area contributed by atoms with Gasteiger partial charge in [0.25, 0.3) is 0 Å². The molecule has 1 radical (unpaired) electrons. The molecule has 2 rings (SSSR count). The molecule has 0 heterocycles. The normalized spacial score (nSPS) is 17.3. The van der Waals surface area contributed by atoms with Crippen molar-refractivity contribution >= 4 is 5.78 Å². The quantitative estimate of drug-likeness (QED) is 0.116. The van der Waals surface area contributed by atoms with Crippen LogP contribution in [-0.4, -0.2) is 16.0 Å². The van der Waals surface area contributed by atoms with Gasteiger partial charge in [0, 0.05) is 29.4 Å². The van der Waals surface area contributed by atoms with Crippen molar-refractivity contribution in [2.24, 2.45) is 23.7 Å². The number of aromatic hydroxyl groups is 2. The van der Waals surface area contributed by atoms with E-state index < -0.39 is 0 Å². The summed E-state index contributed by atoms with van der Waals surface area (Å²) in [6.07, 6.45) is 20.1. The van der Waals surface area contributed by atoms with Crippen LogP contribution in [0.25, 0.3) is 0 Å². The number of carbonyl (C=O) groups is 1. The standard InChI is InChI=1S/C18H30O2.C16H30O.Cu/c1-3-5-7-9-11-15-13-17(19)18(20)14-16(15)12-10-8-6-4-2;1-12(2)5-7-14-8-10-15(16(17)11-14)9-6-13(3)4;/h13-14,19-20H,3-12H2,1-2H3;12-15H,5-11H2,1-4H3;. The number of Topliss-reactive ketones (excluding diaryl/α,β-unsaturated/α-hetero) is 1. The van der Waals surface area contributed by atoms with Gasteiger partial charge < -0.3 is 10.2 Å². The van der Waals surface area contributed by atoms with E-state index in [0.717, 1.165) is 43.9 Å². The van der Waals surface area contributed by atoms with Crippen molar-refractivity contribution in [2.45, 2.75) is 151 Å². The number of aryl methyl sites for hydroxylation is 2. The van der Waals surface area contributed by atoms with E-state index in [4.69, 9.17) is 0 Å². The minimum absolute atomic E-state index is 0. The number of unbranched alkanes of at least 4 members (excludes halogenated alkanes) is 6. The third kappa shape index (κ3) is 16.2. The molecule has 2 unspecified atom stereocenters. The van der Waals surface area contributed by atoms with Crippen molar-refractivity contribution in [1.29, 1.82) is 0 Å². The van der Waals surface area contributed by atoms with Gasteiger partial charge in [0.1, 0.15) is 5.78 Å². The summed E-state index contributed by atoms with van der Waals surface area (Å²) >= 11 is 0. The molecular formula is C34H60CuO3. The van der Waals surface area contributed by atoms with Gasteiger partial charge in [-0.3, -0.25) is 4.79 Å². The zero-order chi connectivity index (χ0) is 27.6. The first kappa shape index (κ1) is 37.0. The first-order valence-electron chi connectivity index (χ1n) is 15.7. The van der Waals surface area contributed by atoms with Crippen LogP contribution in [0.3, 0.4) is 0 Å². The summed E-state index contributed by atoms with van der Waals surface area (Å²) in [5.41, 5.74) is 2.43. The fraction of sp³-hybridized carbons (Fsp3) is 0.794. The van der Waals surface area contributed by atoms with Gasteiger partial charge in [0.05, 0.1) is 0 Å². The Bertz CT molecular complexity index is 706. The maximum atomic E-state index is 12.1. The van der Waals surface area contributed by atoms with E-state index in [-0.39, 0.29) is 28.6 Å². The minimum Gasteiger partial charge on any atom is -0.504 e. The predicted molar refractivity (Wildman–Crippen MR) is 159 cm³/mol. The Balaban J connectivity index is 0.000000711. The molecule has 0 spiro atoms. The Morgan fingerprint density at radius 2 is 1.21 bits per heavy atom. The molecule has 3 nitrogen and oxygen atoms in total. The summed E-state index contributed by atoms with van der Waals surface area (Å²) in [4.78, 5) is 12.1. The number of phenolic OH excluding ortho intramolecular Hbond substituents is 2. The van der Waals surface area contributed by atoms with E-state index in [2.05, 4.69) is 41.5 Å². The number of phenols is 2. The van der Waals surface area contributed by atoms with E-state index in [1.165, 1.54) is 88.2 Å². The molecule has 1 aromatic rings. The number of rotatable bonds is 16. The van der Waals surface area contributed by atoms with Crippen molar-refractivity contribution in [3.05, 3.63) is 23.3 Å². The van der Waals surface area contributed by atoms with E-state index in [1.54, 1.807) is 12.1 Å². The second kappa shape index (κ2) is 21.8. The predicted octanol–water partition coefficient (Wildman–Crippen LogP) is 10.2. The van der Waals surface area contributed by atoms with E-state index in [0.29, 0.717) is 17.6 Å². The molecule has 0 aromatic heterocycles. The topological polar surface area (TPSA) is 57.5 Å². The van der Waals surface area contributed by atoms with Crippen molar-refractivity contribution in [1.82, 2.24) is 0 Å². The van der Waals surface area contributed by atoms with Gasteiger partial charge in [0.15, 0.2) is 11.5 Å². The van der Waals surface area contributed by atoms with Crippen LogP contribution in [-0.2, 0) is 34.7 Å². The first-order chi connectivity index (χ1) is 17.7. The molecule has 38 heavy (non-hydrogen) atoms. The summed E-state index contributed by atoms with van der Waals surface area (Å²) < 4.78 is 0. The van der Waals surface area contributed by atoms with Crippen LogP contribution in [0.5, 0.6) is 11.5 Å². The van der Waals surface area contributed by atoms with Crippen molar-refractivity contribution in [2.75, 3.05) is 0 Å². The molecule has 0 amide bonds. The monoisotopic (exact) mass is 579 g/mol. The van der Waals surface area contributed by atoms with Crippen molar-refractivity contribution < 1.29 is 32.1 Å². The van der Waals surface area contributed by atoms with Gasteiger partial charge in [-0.05, 0) is 92.4 Å². The fourth-order valence-electron chi connectivity index (χ4n) is 5.42. The maximum Gasteiger partial charge on any atom is 0.157 e. The summed E-state index contributed by atoms with van der Waals surface area (Å²) in [6, 6.07) is 3.52. The average molecular weight is 580 g/mol. The molecule has 0 bridgehead atoms. The van der Waals surface area contributed by atoms with Crippen LogP contribution in [0.15, 0.2) is 12.1 Å². The van der Waals surface area contributed by atoms with Gasteiger partial charge in [-0.15, -0.1) is 0 Å². The maximum absolute atomic E-state index is 12.1. The third-order valence-corrected chi connectivity index (χ3v) is 8.01. The van der Waals surface area contributed by atoms with Crippen LogP contribution < -0.4 is 0 Å². The summed E-state index contributed by atoms with van der Waals surface area (Å²) in [5.74, 6) is 3.21. The van der Waals surface area contributed by atoms with Gasteiger partial charge in [0.2, 0.25) is 0 Å². The van der Waals surface area contributed by atoms with Gasteiger partial charge in [-0.2, -0.15) is 0 Å². The van der Waals surface area contributed by atoms with Crippen molar-refractivity contribution in [3.63, 3.8) is 0 Å². The van der Waals surface area contributed by atoms with E-state index in [9.17, 15) is 15.0 Å². The molecule has 1 aliphatic rings. The van der Waals surface area contributed by atoms with Gasteiger partial charge in [-0.1, -0.05) is 92.9 Å². The molecule has 1 saturated carbocycles. The number of carbonyl (C=O) groups excluding carboxylic acids is 1. The zero-order valence-electron chi connectivity index (χ0n) is 25.6. The molecule has 225 valence electrons. The van der Waals surface area contributed by atoms with Crippen LogP contribution >= 0.6 is 0 Å². The fourth-order valence-corrected chi connectivity index (χ4v) is 5.42. The number of benzene rings is 1. The molecule has 0 aliphatic heterocycles.